The summed E-state index contributed by atoms with van der Waals surface area (Å²) in [5.74, 6) is -0.381. The Morgan fingerprint density at radius 2 is 1.88 bits per heavy atom. The minimum absolute atomic E-state index is 0.113. The van der Waals surface area contributed by atoms with E-state index in [1.807, 2.05) is 0 Å². The van der Waals surface area contributed by atoms with Crippen LogP contribution in [-0.4, -0.2) is 19.9 Å². The van der Waals surface area contributed by atoms with E-state index in [2.05, 4.69) is 5.32 Å². The Labute approximate surface area is 99.0 Å². The zero-order chi connectivity index (χ0) is 12.7. The zero-order valence-corrected chi connectivity index (χ0v) is 9.83. The average Bonchev–Trinajstić information content (AvgIpc) is 2.97. The summed E-state index contributed by atoms with van der Waals surface area (Å²) < 4.78 is 22.6. The number of amides is 1. The van der Waals surface area contributed by atoms with E-state index in [9.17, 15) is 13.2 Å². The van der Waals surface area contributed by atoms with Crippen LogP contribution in [0.25, 0.3) is 0 Å². The van der Waals surface area contributed by atoms with Crippen molar-refractivity contribution >= 4 is 21.6 Å². The molecule has 0 radical (unpaired) electrons. The molecule has 0 aromatic heterocycles. The standard InChI is InChI=1S/C10H13N3O3S/c11-10(5-6-10)9(14)13-7-3-1-2-4-8(7)17(12,15)16/h1-4H,5-6,11H2,(H,13,14)(H2,12,15,16). The number of nitrogens with two attached hydrogens (primary N) is 2. The van der Waals surface area contributed by atoms with Crippen LogP contribution in [-0.2, 0) is 14.8 Å². The van der Waals surface area contributed by atoms with E-state index in [0.717, 1.165) is 0 Å². The number of sulfonamides is 1. The van der Waals surface area contributed by atoms with Crippen molar-refractivity contribution in [1.29, 1.82) is 0 Å². The van der Waals surface area contributed by atoms with Gasteiger partial charge >= 0.3 is 0 Å². The molecule has 0 saturated heterocycles. The fraction of sp³-hybridized carbons (Fsp3) is 0.300. The zero-order valence-electron chi connectivity index (χ0n) is 9.01. The lowest BCUT2D eigenvalue weighted by Crippen LogP contribution is -2.38. The first kappa shape index (κ1) is 12.0. The summed E-state index contributed by atoms with van der Waals surface area (Å²) in [5, 5.41) is 7.54. The second kappa shape index (κ2) is 3.80. The molecule has 0 unspecified atom stereocenters. The Balaban J connectivity index is 2.30. The topological polar surface area (TPSA) is 115 Å². The van der Waals surface area contributed by atoms with Crippen LogP contribution in [0, 0.1) is 0 Å². The van der Waals surface area contributed by atoms with Crippen LogP contribution in [0.2, 0.25) is 0 Å². The third-order valence-electron chi connectivity index (χ3n) is 2.68. The van der Waals surface area contributed by atoms with Crippen LogP contribution in [0.5, 0.6) is 0 Å². The molecule has 1 fully saturated rings. The van der Waals surface area contributed by atoms with Gasteiger partial charge in [0.25, 0.3) is 0 Å². The number of nitrogens with one attached hydrogen (secondary N) is 1. The van der Waals surface area contributed by atoms with Gasteiger partial charge in [0.2, 0.25) is 15.9 Å². The summed E-state index contributed by atoms with van der Waals surface area (Å²) >= 11 is 0. The van der Waals surface area contributed by atoms with E-state index in [0.29, 0.717) is 12.8 Å². The summed E-state index contributed by atoms with van der Waals surface area (Å²) in [6.07, 6.45) is 1.22. The maximum atomic E-state index is 11.7. The van der Waals surface area contributed by atoms with Crippen molar-refractivity contribution in [2.24, 2.45) is 10.9 Å². The lowest BCUT2D eigenvalue weighted by atomic mass is 10.2. The fourth-order valence-corrected chi connectivity index (χ4v) is 2.12. The van der Waals surface area contributed by atoms with E-state index in [1.54, 1.807) is 6.07 Å². The van der Waals surface area contributed by atoms with Gasteiger partial charge in [0, 0.05) is 0 Å². The summed E-state index contributed by atoms with van der Waals surface area (Å²) in [7, 11) is -3.86. The van der Waals surface area contributed by atoms with Crippen molar-refractivity contribution in [3.05, 3.63) is 24.3 Å². The third kappa shape index (κ3) is 2.46. The van der Waals surface area contributed by atoms with Crippen LogP contribution in [0.4, 0.5) is 5.69 Å². The van der Waals surface area contributed by atoms with E-state index < -0.39 is 15.6 Å². The van der Waals surface area contributed by atoms with Gasteiger partial charge in [-0.3, -0.25) is 4.79 Å². The molecule has 1 amide bonds. The Bertz CT molecular complexity index is 564. The van der Waals surface area contributed by atoms with Crippen LogP contribution >= 0.6 is 0 Å². The number of anilines is 1. The van der Waals surface area contributed by atoms with Crippen LogP contribution < -0.4 is 16.2 Å². The van der Waals surface area contributed by atoms with Crippen molar-refractivity contribution in [3.8, 4) is 0 Å². The molecule has 92 valence electrons. The van der Waals surface area contributed by atoms with Gasteiger partial charge in [-0.2, -0.15) is 0 Å². The Kier molecular flexibility index (Phi) is 2.69. The third-order valence-corrected chi connectivity index (χ3v) is 3.65. The molecule has 5 N–H and O–H groups in total. The molecule has 2 rings (SSSR count). The van der Waals surface area contributed by atoms with E-state index in [1.165, 1.54) is 18.2 Å². The van der Waals surface area contributed by atoms with Crippen molar-refractivity contribution < 1.29 is 13.2 Å². The normalized spacial score (nSPS) is 17.5. The predicted octanol–water partition coefficient (Wildman–Crippen LogP) is -0.236. The summed E-state index contributed by atoms with van der Waals surface area (Å²) in [5.41, 5.74) is 5.01. The fourth-order valence-electron chi connectivity index (χ4n) is 1.43. The first-order valence-electron chi connectivity index (χ1n) is 5.05. The molecule has 0 bridgehead atoms. The molecule has 17 heavy (non-hydrogen) atoms. The highest BCUT2D eigenvalue weighted by atomic mass is 32.2. The van der Waals surface area contributed by atoms with Gasteiger partial charge in [-0.1, -0.05) is 12.1 Å². The van der Waals surface area contributed by atoms with Crippen molar-refractivity contribution in [3.63, 3.8) is 0 Å². The summed E-state index contributed by atoms with van der Waals surface area (Å²) in [4.78, 5) is 11.6. The second-order valence-electron chi connectivity index (χ2n) is 4.15. The Morgan fingerprint density at radius 1 is 1.29 bits per heavy atom. The van der Waals surface area contributed by atoms with Crippen LogP contribution in [0.1, 0.15) is 12.8 Å². The monoisotopic (exact) mass is 255 g/mol. The predicted molar refractivity (Wildman–Crippen MR) is 62.6 cm³/mol. The lowest BCUT2D eigenvalue weighted by molar-refractivity contribution is -0.118. The molecule has 1 aromatic rings. The highest BCUT2D eigenvalue weighted by Crippen LogP contribution is 2.34. The molecule has 0 spiro atoms. The molecule has 7 heteroatoms. The average molecular weight is 255 g/mol. The number of hydrogen-bond acceptors (Lipinski definition) is 4. The van der Waals surface area contributed by atoms with Gasteiger partial charge in [0.05, 0.1) is 11.2 Å². The van der Waals surface area contributed by atoms with Crippen molar-refractivity contribution in [2.45, 2.75) is 23.3 Å². The molecule has 1 saturated carbocycles. The molecule has 6 nitrogen and oxygen atoms in total. The van der Waals surface area contributed by atoms with Crippen LogP contribution in [0.15, 0.2) is 29.2 Å². The molecule has 0 aliphatic heterocycles. The van der Waals surface area contributed by atoms with Gasteiger partial charge in [-0.15, -0.1) is 0 Å². The Morgan fingerprint density at radius 3 is 2.41 bits per heavy atom. The minimum atomic E-state index is -3.86. The SMILES string of the molecule is NC1(C(=O)Nc2ccccc2S(N)(=O)=O)CC1. The first-order chi connectivity index (χ1) is 7.83. The highest BCUT2D eigenvalue weighted by molar-refractivity contribution is 7.89. The number of benzene rings is 1. The second-order valence-corrected chi connectivity index (χ2v) is 5.68. The molecule has 1 aliphatic rings. The quantitative estimate of drug-likeness (QED) is 0.691. The van der Waals surface area contributed by atoms with Gasteiger partial charge < -0.3 is 11.1 Å². The van der Waals surface area contributed by atoms with Gasteiger partial charge in [0.15, 0.2) is 0 Å². The number of hydrogen-bond donors (Lipinski definition) is 3. The maximum Gasteiger partial charge on any atom is 0.244 e. The van der Waals surface area contributed by atoms with Crippen molar-refractivity contribution in [2.75, 3.05) is 5.32 Å². The molecule has 1 aliphatic carbocycles. The maximum absolute atomic E-state index is 11.7. The van der Waals surface area contributed by atoms with Gasteiger partial charge in [0.1, 0.15) is 4.90 Å². The van der Waals surface area contributed by atoms with Gasteiger partial charge in [-0.25, -0.2) is 13.6 Å². The molecule has 0 atom stereocenters. The largest absolute Gasteiger partial charge is 0.323 e. The number of para-hydroxylation sites is 1. The van der Waals surface area contributed by atoms with E-state index in [-0.39, 0.29) is 16.5 Å². The molecular formula is C10H13N3O3S. The molecule has 1 aromatic carbocycles. The minimum Gasteiger partial charge on any atom is -0.323 e. The number of carbonyl (C=O) groups excluding carboxylic acids is 1. The lowest BCUT2D eigenvalue weighted by Gasteiger charge is -2.12. The van der Waals surface area contributed by atoms with Crippen LogP contribution in [0.3, 0.4) is 0 Å². The van der Waals surface area contributed by atoms with Crippen molar-refractivity contribution in [1.82, 2.24) is 0 Å². The number of carbonyl (C=O) groups is 1. The smallest absolute Gasteiger partial charge is 0.244 e. The highest BCUT2D eigenvalue weighted by Gasteiger charge is 2.46. The number of rotatable bonds is 3. The van der Waals surface area contributed by atoms with E-state index in [4.69, 9.17) is 10.9 Å². The summed E-state index contributed by atoms with van der Waals surface area (Å²) in [6, 6.07) is 5.95. The molecule has 0 heterocycles. The first-order valence-corrected chi connectivity index (χ1v) is 6.60. The summed E-state index contributed by atoms with van der Waals surface area (Å²) in [6.45, 7) is 0. The number of primary sulfonamides is 1. The van der Waals surface area contributed by atoms with E-state index >= 15 is 0 Å². The molecular weight excluding hydrogens is 242 g/mol. The van der Waals surface area contributed by atoms with Gasteiger partial charge in [-0.05, 0) is 25.0 Å². The Hall–Kier alpha value is -1.44.